The highest BCUT2D eigenvalue weighted by atomic mass is 16.5. The van der Waals surface area contributed by atoms with Crippen LogP contribution in [-0.4, -0.2) is 90.9 Å². The van der Waals surface area contributed by atoms with Crippen molar-refractivity contribution in [2.45, 2.75) is 137 Å². The van der Waals surface area contributed by atoms with Gasteiger partial charge >= 0.3 is 12.1 Å². The number of amides is 6. The third kappa shape index (κ3) is 10.1. The summed E-state index contributed by atoms with van der Waals surface area (Å²) in [4.78, 5) is 82.8. The van der Waals surface area contributed by atoms with Crippen LogP contribution < -0.4 is 26.6 Å². The molecule has 0 aromatic carbocycles. The molecule has 1 saturated heterocycles. The smallest absolute Gasteiger partial charge is 0.407 e. The molecular weight excluding hydrogens is 664 g/mol. The van der Waals surface area contributed by atoms with Gasteiger partial charge < -0.3 is 36.2 Å². The summed E-state index contributed by atoms with van der Waals surface area (Å²) >= 11 is 0. The van der Waals surface area contributed by atoms with Crippen LogP contribution in [0, 0.1) is 34.0 Å². The first kappa shape index (κ1) is 41.1. The van der Waals surface area contributed by atoms with Gasteiger partial charge in [0.15, 0.2) is 0 Å². The van der Waals surface area contributed by atoms with Crippen molar-refractivity contribution in [3.05, 3.63) is 12.7 Å². The van der Waals surface area contributed by atoms with Crippen LogP contribution in [0.3, 0.4) is 0 Å². The average Bonchev–Trinajstić information content (AvgIpc) is 3.85. The lowest BCUT2D eigenvalue weighted by molar-refractivity contribution is -0.146. The molecule has 1 heterocycles. The first-order valence-corrected chi connectivity index (χ1v) is 19.4. The molecule has 3 saturated carbocycles. The van der Waals surface area contributed by atoms with Crippen molar-refractivity contribution >= 4 is 35.6 Å². The molecule has 5 unspecified atom stereocenters. The van der Waals surface area contributed by atoms with E-state index in [0.29, 0.717) is 25.4 Å². The summed E-state index contributed by atoms with van der Waals surface area (Å²) in [6, 6.07) is -3.93. The number of carbonyl (C=O) groups excluding carboxylic acids is 6. The Morgan fingerprint density at radius 2 is 1.63 bits per heavy atom. The van der Waals surface area contributed by atoms with Crippen LogP contribution in [-0.2, 0) is 23.9 Å². The van der Waals surface area contributed by atoms with Crippen molar-refractivity contribution in [3.63, 3.8) is 0 Å². The van der Waals surface area contributed by atoms with Gasteiger partial charge in [0.25, 0.3) is 5.91 Å². The van der Waals surface area contributed by atoms with Gasteiger partial charge in [-0.3, -0.25) is 19.2 Å². The van der Waals surface area contributed by atoms with Crippen molar-refractivity contribution < 1.29 is 33.5 Å². The van der Waals surface area contributed by atoms with Crippen molar-refractivity contribution in [2.75, 3.05) is 26.2 Å². The largest absolute Gasteiger partial charge is 0.447 e. The normalized spacial score (nSPS) is 24.8. The molecule has 1 aliphatic heterocycles. The van der Waals surface area contributed by atoms with Crippen molar-refractivity contribution in [1.82, 2.24) is 31.5 Å². The molecule has 0 radical (unpaired) electrons. The van der Waals surface area contributed by atoms with Gasteiger partial charge in [-0.25, -0.2) is 9.59 Å². The highest BCUT2D eigenvalue weighted by Crippen LogP contribution is 2.57. The molecule has 52 heavy (non-hydrogen) atoms. The highest BCUT2D eigenvalue weighted by molar-refractivity contribution is 6.38. The van der Waals surface area contributed by atoms with Crippen molar-refractivity contribution in [3.8, 4) is 0 Å². The van der Waals surface area contributed by atoms with Crippen LogP contribution in [0.2, 0.25) is 0 Å². The molecule has 0 aromatic heterocycles. The molecule has 0 spiro atoms. The number of rotatable bonds is 16. The first-order chi connectivity index (χ1) is 24.4. The molecule has 0 aromatic rings. The highest BCUT2D eigenvalue weighted by Gasteiger charge is 2.62. The zero-order chi connectivity index (χ0) is 38.4. The van der Waals surface area contributed by atoms with E-state index < -0.39 is 64.7 Å². The molecule has 13 heteroatoms. The second-order valence-corrected chi connectivity index (χ2v) is 17.7. The number of nitrogens with zero attached hydrogens (tertiary/aromatic N) is 1. The fourth-order valence-corrected chi connectivity index (χ4v) is 8.54. The zero-order valence-corrected chi connectivity index (χ0v) is 32.5. The molecule has 5 N–H and O–H groups in total. The van der Waals surface area contributed by atoms with Crippen LogP contribution in [0.4, 0.5) is 9.59 Å². The van der Waals surface area contributed by atoms with Crippen LogP contribution in [0.5, 0.6) is 0 Å². The predicted octanol–water partition coefficient (Wildman–Crippen LogP) is 4.20. The summed E-state index contributed by atoms with van der Waals surface area (Å²) < 4.78 is 5.50. The minimum Gasteiger partial charge on any atom is -0.447 e. The van der Waals surface area contributed by atoms with E-state index in [1.807, 2.05) is 34.6 Å². The Balaban J connectivity index is 1.56. The van der Waals surface area contributed by atoms with Crippen LogP contribution in [0.25, 0.3) is 0 Å². The van der Waals surface area contributed by atoms with E-state index in [-0.39, 0.29) is 42.7 Å². The lowest BCUT2D eigenvalue weighted by atomic mass is 9.55. The fraction of sp³-hybridized carbons (Fsp3) is 0.795. The molecule has 3 aliphatic carbocycles. The van der Waals surface area contributed by atoms with Crippen molar-refractivity contribution in [2.24, 2.45) is 34.0 Å². The quantitative estimate of drug-likeness (QED) is 0.117. The van der Waals surface area contributed by atoms with Crippen LogP contribution >= 0.6 is 0 Å². The Morgan fingerprint density at radius 1 is 0.962 bits per heavy atom. The van der Waals surface area contributed by atoms with Gasteiger partial charge in [0.1, 0.15) is 18.7 Å². The van der Waals surface area contributed by atoms with Gasteiger partial charge in [0.05, 0.1) is 12.1 Å². The fourth-order valence-electron chi connectivity index (χ4n) is 8.54. The van der Waals surface area contributed by atoms with Crippen molar-refractivity contribution in [1.29, 1.82) is 0 Å². The Bertz CT molecular complexity index is 1350. The van der Waals surface area contributed by atoms with E-state index in [1.165, 1.54) is 6.08 Å². The summed E-state index contributed by atoms with van der Waals surface area (Å²) in [5.41, 5.74) is -1.27. The monoisotopic (exact) mass is 728 g/mol. The predicted molar refractivity (Wildman–Crippen MR) is 198 cm³/mol. The third-order valence-corrected chi connectivity index (χ3v) is 11.9. The molecule has 13 nitrogen and oxygen atoms in total. The number of hydrogen-bond acceptors (Lipinski definition) is 7. The standard InChI is InChI=1S/C39H64N6O7/c1-9-14-26(30(46)33(48)40-19-10-2)42-32(47)29-28-25(20-38(28,6)7)22-45(29)34(49)31(39(8)17-12-11-13-18-39)44-35(50)43-27(37(3,4)5)23-52-36(51)41-21-24-15-16-24/h10,24-29,31H,2,9,11-23H2,1,3-8H3,(H,40,48)(H,41,51)(H,42,47)(H2,43,44,50)/t25?,26?,27?,28-,29?,31?/m0/s1. The molecule has 6 atom stereocenters. The summed E-state index contributed by atoms with van der Waals surface area (Å²) in [5.74, 6) is -1.87. The average molecular weight is 729 g/mol. The number of likely N-dealkylation sites (tertiary alicyclic amines) is 1. The number of Topliss-reactive ketones (excluding diaryl/α,β-unsaturated/α-hetero) is 1. The van der Waals surface area contributed by atoms with Crippen LogP contribution in [0.1, 0.15) is 113 Å². The Hall–Kier alpha value is -3.64. The van der Waals surface area contributed by atoms with Gasteiger partial charge in [-0.15, -0.1) is 6.58 Å². The third-order valence-electron chi connectivity index (χ3n) is 11.9. The molecule has 6 amide bonds. The molecule has 4 aliphatic rings. The summed E-state index contributed by atoms with van der Waals surface area (Å²) in [7, 11) is 0. The maximum absolute atomic E-state index is 14.9. The Kier molecular flexibility index (Phi) is 13.4. The summed E-state index contributed by atoms with van der Waals surface area (Å²) in [5, 5.41) is 14.2. The second kappa shape index (κ2) is 17.0. The Morgan fingerprint density at radius 3 is 2.21 bits per heavy atom. The SMILES string of the molecule is C=CCNC(=O)C(=O)C(CCC)NC(=O)C1[C@@H]2C(CN1C(=O)C(NC(=O)NC(COC(=O)NCC1CC1)C(C)(C)C)C1(C)CCCCC1)CC2(C)C. The van der Waals surface area contributed by atoms with E-state index in [4.69, 9.17) is 4.74 Å². The minimum absolute atomic E-state index is 0.0423. The second-order valence-electron chi connectivity index (χ2n) is 17.7. The van der Waals surface area contributed by atoms with E-state index in [9.17, 15) is 28.8 Å². The van der Waals surface area contributed by atoms with Crippen LogP contribution in [0.15, 0.2) is 12.7 Å². The van der Waals surface area contributed by atoms with Gasteiger partial charge in [0, 0.05) is 19.6 Å². The minimum atomic E-state index is -1.04. The number of carbonyl (C=O) groups is 6. The summed E-state index contributed by atoms with van der Waals surface area (Å²) in [6.45, 7) is 18.5. The lowest BCUT2D eigenvalue weighted by Crippen LogP contribution is -2.63. The number of ether oxygens (including phenoxy) is 1. The molecule has 292 valence electrons. The molecular formula is C39H64N6O7. The number of hydrogen-bond donors (Lipinski definition) is 5. The maximum atomic E-state index is 14.9. The maximum Gasteiger partial charge on any atom is 0.407 e. The summed E-state index contributed by atoms with van der Waals surface area (Å²) in [6.07, 6.45) is 9.13. The van der Waals surface area contributed by atoms with E-state index in [2.05, 4.69) is 47.0 Å². The number of nitrogens with one attached hydrogen (secondary N) is 5. The van der Waals surface area contributed by atoms with E-state index >= 15 is 0 Å². The van der Waals surface area contributed by atoms with Gasteiger partial charge in [-0.05, 0) is 72.5 Å². The van der Waals surface area contributed by atoms with Gasteiger partial charge in [-0.1, -0.05) is 80.2 Å². The number of urea groups is 1. The lowest BCUT2D eigenvalue weighted by Gasteiger charge is -2.49. The van der Waals surface area contributed by atoms with Gasteiger partial charge in [-0.2, -0.15) is 0 Å². The first-order valence-electron chi connectivity index (χ1n) is 19.4. The van der Waals surface area contributed by atoms with E-state index in [1.54, 1.807) is 4.90 Å². The number of alkyl carbamates (subject to hydrolysis) is 1. The molecule has 4 rings (SSSR count). The Labute approximate surface area is 309 Å². The molecule has 4 fully saturated rings. The molecule has 0 bridgehead atoms. The zero-order valence-electron chi connectivity index (χ0n) is 32.5. The number of fused-ring (bicyclic) bond motifs is 1. The number of ketones is 1. The van der Waals surface area contributed by atoms with E-state index in [0.717, 1.165) is 51.4 Å². The topological polar surface area (TPSA) is 175 Å². The van der Waals surface area contributed by atoms with Gasteiger partial charge in [0.2, 0.25) is 17.6 Å².